The zero-order valence-electron chi connectivity index (χ0n) is 19.7. The summed E-state index contributed by atoms with van der Waals surface area (Å²) < 4.78 is 13.2. The monoisotopic (exact) mass is 443 g/mol. The second-order valence-corrected chi connectivity index (χ2v) is 9.52. The molecule has 4 rings (SSSR count). The first-order valence-electron chi connectivity index (χ1n) is 12.2. The van der Waals surface area contributed by atoms with Crippen molar-refractivity contribution in [1.29, 1.82) is 0 Å². The number of aryl methyl sites for hydroxylation is 1. The fraction of sp³-hybridized carbons (Fsp3) is 0.680. The number of aromatic nitrogens is 1. The summed E-state index contributed by atoms with van der Waals surface area (Å²) in [5.74, 6) is 0.630. The molecule has 2 aromatic rings. The van der Waals surface area contributed by atoms with Gasteiger partial charge in [0.2, 0.25) is 5.91 Å². The number of furan rings is 1. The summed E-state index contributed by atoms with van der Waals surface area (Å²) in [5, 5.41) is 3.32. The molecule has 1 N–H and O–H groups in total. The molecule has 0 radical (unpaired) electrons. The molecule has 1 atom stereocenters. The van der Waals surface area contributed by atoms with Gasteiger partial charge in [-0.15, -0.1) is 0 Å². The Morgan fingerprint density at radius 3 is 2.66 bits per heavy atom. The van der Waals surface area contributed by atoms with Crippen LogP contribution in [0.15, 0.2) is 16.5 Å². The van der Waals surface area contributed by atoms with Crippen LogP contribution in [0.2, 0.25) is 0 Å². The van der Waals surface area contributed by atoms with Crippen LogP contribution in [0.5, 0.6) is 0 Å². The first-order valence-corrected chi connectivity index (χ1v) is 12.2. The molecule has 0 bridgehead atoms. The number of rotatable bonds is 7. The average molecular weight is 444 g/mol. The lowest BCUT2D eigenvalue weighted by molar-refractivity contribution is -0.133. The van der Waals surface area contributed by atoms with Crippen LogP contribution < -0.4 is 5.32 Å². The summed E-state index contributed by atoms with van der Waals surface area (Å²) in [5.41, 5.74) is 1.21. The highest BCUT2D eigenvalue weighted by Gasteiger charge is 2.48. The number of amides is 2. The molecule has 1 aliphatic carbocycles. The van der Waals surface area contributed by atoms with Gasteiger partial charge in [0.05, 0.1) is 12.1 Å². The Balaban J connectivity index is 1.61. The topological polar surface area (TPSA) is 76.7 Å². The number of carbonyl (C=O) groups is 2. The molecule has 0 aromatic carbocycles. The molecule has 7 nitrogen and oxygen atoms in total. The molecule has 0 saturated heterocycles. The highest BCUT2D eigenvalue weighted by atomic mass is 16.5. The number of fused-ring (bicyclic) bond motifs is 3. The summed E-state index contributed by atoms with van der Waals surface area (Å²) >= 11 is 0. The fourth-order valence-corrected chi connectivity index (χ4v) is 5.22. The first kappa shape index (κ1) is 22.9. The van der Waals surface area contributed by atoms with Crippen LogP contribution in [-0.4, -0.2) is 52.6 Å². The van der Waals surface area contributed by atoms with Crippen LogP contribution in [0.25, 0.3) is 11.1 Å². The quantitative estimate of drug-likeness (QED) is 0.643. The lowest BCUT2D eigenvalue weighted by atomic mass is 9.92. The van der Waals surface area contributed by atoms with Crippen molar-refractivity contribution in [1.82, 2.24) is 14.8 Å². The predicted octanol–water partition coefficient (Wildman–Crippen LogP) is 4.41. The van der Waals surface area contributed by atoms with Gasteiger partial charge in [-0.2, -0.15) is 0 Å². The van der Waals surface area contributed by atoms with E-state index in [4.69, 9.17) is 9.15 Å². The van der Waals surface area contributed by atoms with Gasteiger partial charge in [0.25, 0.3) is 5.91 Å². The predicted molar refractivity (Wildman–Crippen MR) is 124 cm³/mol. The van der Waals surface area contributed by atoms with Gasteiger partial charge in [-0.3, -0.25) is 9.59 Å². The van der Waals surface area contributed by atoms with Crippen LogP contribution in [0.3, 0.4) is 0 Å². The van der Waals surface area contributed by atoms with Crippen molar-refractivity contribution in [3.05, 3.63) is 23.6 Å². The molecule has 1 aliphatic heterocycles. The van der Waals surface area contributed by atoms with Crippen molar-refractivity contribution >= 4 is 22.9 Å². The van der Waals surface area contributed by atoms with Crippen LogP contribution >= 0.6 is 0 Å². The standard InChI is InChI=1S/C25H37N3O4/c1-4-31-14-10-13-28-23(29)21-16-22-20(15-18(2)32-22)27(21)17-25(28,3)24(30)26-19-11-8-6-5-7-9-12-19/h15-16,19H,4-14,17H2,1-3H3,(H,26,30)/t25-/m0/s1. The number of nitrogens with zero attached hydrogens (tertiary/aromatic N) is 2. The minimum atomic E-state index is -0.963. The van der Waals surface area contributed by atoms with Gasteiger partial charge in [-0.1, -0.05) is 32.1 Å². The van der Waals surface area contributed by atoms with Crippen molar-refractivity contribution in [3.8, 4) is 0 Å². The fourth-order valence-electron chi connectivity index (χ4n) is 5.22. The summed E-state index contributed by atoms with van der Waals surface area (Å²) in [6, 6.07) is 3.94. The van der Waals surface area contributed by atoms with Crippen molar-refractivity contribution < 1.29 is 18.7 Å². The molecule has 2 aliphatic rings. The van der Waals surface area contributed by atoms with E-state index in [2.05, 4.69) is 5.32 Å². The van der Waals surface area contributed by atoms with Gasteiger partial charge in [0.1, 0.15) is 17.0 Å². The summed E-state index contributed by atoms with van der Waals surface area (Å²) in [7, 11) is 0. The van der Waals surface area contributed by atoms with Crippen molar-refractivity contribution in [2.75, 3.05) is 19.8 Å². The SMILES string of the molecule is CCOCCCN1C(=O)c2cc3oc(C)cc3n2C[C@@]1(C)C(=O)NC1CCCCCCC1. The summed E-state index contributed by atoms with van der Waals surface area (Å²) in [6.45, 7) is 7.89. The van der Waals surface area contributed by atoms with E-state index in [0.717, 1.165) is 37.0 Å². The second-order valence-electron chi connectivity index (χ2n) is 9.52. The Kier molecular flexibility index (Phi) is 6.93. The third kappa shape index (κ3) is 4.45. The molecular formula is C25H37N3O4. The second kappa shape index (κ2) is 9.69. The highest BCUT2D eigenvalue weighted by Crippen LogP contribution is 2.34. The molecule has 176 valence electrons. The van der Waals surface area contributed by atoms with Crippen molar-refractivity contribution in [3.63, 3.8) is 0 Å². The Hall–Kier alpha value is -2.28. The zero-order chi connectivity index (χ0) is 22.7. The molecule has 1 saturated carbocycles. The first-order chi connectivity index (χ1) is 15.4. The van der Waals surface area contributed by atoms with Gasteiger partial charge in [-0.05, 0) is 40.0 Å². The molecular weight excluding hydrogens is 406 g/mol. The Morgan fingerprint density at radius 2 is 1.94 bits per heavy atom. The maximum atomic E-state index is 13.7. The Labute approximate surface area is 190 Å². The number of nitrogens with one attached hydrogen (secondary N) is 1. The van der Waals surface area contributed by atoms with E-state index in [0.29, 0.717) is 44.0 Å². The maximum Gasteiger partial charge on any atom is 0.271 e. The van der Waals surface area contributed by atoms with Gasteiger partial charge >= 0.3 is 0 Å². The van der Waals surface area contributed by atoms with Crippen LogP contribution in [0.4, 0.5) is 0 Å². The van der Waals surface area contributed by atoms with E-state index in [1.807, 2.05) is 37.5 Å². The van der Waals surface area contributed by atoms with E-state index in [1.54, 1.807) is 4.90 Å². The van der Waals surface area contributed by atoms with Crippen LogP contribution in [0, 0.1) is 6.92 Å². The number of hydrogen-bond acceptors (Lipinski definition) is 4. The molecule has 1 fully saturated rings. The molecule has 0 unspecified atom stereocenters. The Bertz CT molecular complexity index is 954. The highest BCUT2D eigenvalue weighted by molar-refractivity contribution is 6.03. The third-order valence-corrected chi connectivity index (χ3v) is 7.04. The van der Waals surface area contributed by atoms with Crippen LogP contribution in [-0.2, 0) is 16.1 Å². The number of carbonyl (C=O) groups excluding carboxylic acids is 2. The maximum absolute atomic E-state index is 13.7. The van der Waals surface area contributed by atoms with E-state index in [1.165, 1.54) is 19.3 Å². The lowest BCUT2D eigenvalue weighted by Gasteiger charge is -2.44. The molecule has 2 amide bonds. The van der Waals surface area contributed by atoms with Gasteiger partial charge in [0, 0.05) is 37.9 Å². The van der Waals surface area contributed by atoms with Gasteiger partial charge < -0.3 is 23.9 Å². The van der Waals surface area contributed by atoms with E-state index < -0.39 is 5.54 Å². The van der Waals surface area contributed by atoms with Crippen molar-refractivity contribution in [2.45, 2.75) is 90.3 Å². The average Bonchev–Trinajstić information content (AvgIpc) is 3.26. The van der Waals surface area contributed by atoms with E-state index >= 15 is 0 Å². The van der Waals surface area contributed by atoms with Gasteiger partial charge in [-0.25, -0.2) is 0 Å². The van der Waals surface area contributed by atoms with Crippen molar-refractivity contribution in [2.24, 2.45) is 0 Å². The summed E-state index contributed by atoms with van der Waals surface area (Å²) in [4.78, 5) is 29.1. The van der Waals surface area contributed by atoms with Gasteiger partial charge in [0.15, 0.2) is 5.58 Å². The lowest BCUT2D eigenvalue weighted by Crippen LogP contribution is -2.65. The minimum absolute atomic E-state index is 0.0550. The summed E-state index contributed by atoms with van der Waals surface area (Å²) in [6.07, 6.45) is 8.77. The molecule has 2 aromatic heterocycles. The largest absolute Gasteiger partial charge is 0.460 e. The smallest absolute Gasteiger partial charge is 0.271 e. The minimum Gasteiger partial charge on any atom is -0.460 e. The molecule has 7 heteroatoms. The van der Waals surface area contributed by atoms with Crippen LogP contribution in [0.1, 0.15) is 81.5 Å². The number of hydrogen-bond donors (Lipinski definition) is 1. The molecule has 3 heterocycles. The number of ether oxygens (including phenoxy) is 1. The van der Waals surface area contributed by atoms with E-state index in [9.17, 15) is 9.59 Å². The molecule has 0 spiro atoms. The Morgan fingerprint density at radius 1 is 1.22 bits per heavy atom. The molecule has 32 heavy (non-hydrogen) atoms. The van der Waals surface area contributed by atoms with E-state index in [-0.39, 0.29) is 17.9 Å². The third-order valence-electron chi connectivity index (χ3n) is 7.04. The zero-order valence-corrected chi connectivity index (χ0v) is 19.7. The normalized spacial score (nSPS) is 22.6.